The molecular formula is C22H27NO. The number of benzene rings is 1. The van der Waals surface area contributed by atoms with Gasteiger partial charge in [0.05, 0.1) is 6.61 Å². The van der Waals surface area contributed by atoms with Crippen molar-refractivity contribution in [2.75, 3.05) is 26.2 Å². The van der Waals surface area contributed by atoms with Gasteiger partial charge in [-0.15, -0.1) is 0 Å². The molecule has 0 amide bonds. The number of rotatable bonds is 5. The molecule has 1 saturated heterocycles. The van der Waals surface area contributed by atoms with E-state index in [1.165, 1.54) is 35.2 Å². The van der Waals surface area contributed by atoms with Crippen LogP contribution in [0.5, 0.6) is 0 Å². The van der Waals surface area contributed by atoms with Gasteiger partial charge in [0.2, 0.25) is 0 Å². The molecule has 1 fully saturated rings. The molecule has 1 aliphatic heterocycles. The first-order valence-electron chi connectivity index (χ1n) is 9.32. The summed E-state index contributed by atoms with van der Waals surface area (Å²) in [6.07, 6.45) is 11.4. The summed E-state index contributed by atoms with van der Waals surface area (Å²) in [4.78, 5) is 2.53. The van der Waals surface area contributed by atoms with Crippen molar-refractivity contribution in [3.8, 4) is 0 Å². The molecule has 0 radical (unpaired) electrons. The minimum atomic E-state index is -0.120. The largest absolute Gasteiger partial charge is 0.360 e. The molecule has 1 heterocycles. The van der Waals surface area contributed by atoms with Crippen LogP contribution in [0, 0.1) is 0 Å². The second-order valence-corrected chi connectivity index (χ2v) is 7.13. The van der Waals surface area contributed by atoms with E-state index in [-0.39, 0.29) is 5.60 Å². The first kappa shape index (κ1) is 15.9. The van der Waals surface area contributed by atoms with Crippen molar-refractivity contribution in [2.24, 2.45) is 0 Å². The average molecular weight is 321 g/mol. The normalized spacial score (nSPS) is 27.4. The molecule has 3 aliphatic rings. The molecule has 2 atom stereocenters. The highest BCUT2D eigenvalue weighted by atomic mass is 16.6. The van der Waals surface area contributed by atoms with Gasteiger partial charge >= 0.3 is 0 Å². The molecule has 2 nitrogen and oxygen atoms in total. The molecule has 1 aromatic rings. The van der Waals surface area contributed by atoms with Gasteiger partial charge in [0, 0.05) is 0 Å². The molecule has 2 heteroatoms. The molecule has 2 unspecified atom stereocenters. The fourth-order valence-corrected chi connectivity index (χ4v) is 4.17. The first-order chi connectivity index (χ1) is 11.8. The maximum atomic E-state index is 5.84. The van der Waals surface area contributed by atoms with Crippen molar-refractivity contribution in [1.82, 2.24) is 4.90 Å². The van der Waals surface area contributed by atoms with Crippen molar-refractivity contribution in [3.63, 3.8) is 0 Å². The Labute approximate surface area is 145 Å². The standard InChI is InChI=1S/C22H27NO/c1-3-23(4-2)13-11-18-14-19-9-7-12-22(16-24-22)21(19)15-17-8-5-6-10-20(17)18/h5-10,12,15,18H,3-4,11,13-14,16H2,1-2H3. The van der Waals surface area contributed by atoms with Gasteiger partial charge in [-0.05, 0) is 72.8 Å². The third-order valence-electron chi connectivity index (χ3n) is 5.81. The molecule has 2 aliphatic carbocycles. The first-order valence-corrected chi connectivity index (χ1v) is 9.32. The van der Waals surface area contributed by atoms with Crippen LogP contribution in [-0.4, -0.2) is 36.7 Å². The van der Waals surface area contributed by atoms with Crippen LogP contribution in [0.2, 0.25) is 0 Å². The zero-order chi connectivity index (χ0) is 16.6. The van der Waals surface area contributed by atoms with Crippen molar-refractivity contribution in [1.29, 1.82) is 0 Å². The highest BCUT2D eigenvalue weighted by Crippen LogP contribution is 2.48. The van der Waals surface area contributed by atoms with Crippen LogP contribution in [0.15, 0.2) is 53.6 Å². The van der Waals surface area contributed by atoms with Gasteiger partial charge in [0.15, 0.2) is 0 Å². The van der Waals surface area contributed by atoms with Crippen LogP contribution in [0.4, 0.5) is 0 Å². The average Bonchev–Trinajstić information content (AvgIpc) is 3.40. The fourth-order valence-electron chi connectivity index (χ4n) is 4.17. The van der Waals surface area contributed by atoms with E-state index >= 15 is 0 Å². The van der Waals surface area contributed by atoms with Crippen LogP contribution in [0.25, 0.3) is 6.08 Å². The summed E-state index contributed by atoms with van der Waals surface area (Å²) in [5, 5.41) is 0. The summed E-state index contributed by atoms with van der Waals surface area (Å²) in [7, 11) is 0. The van der Waals surface area contributed by atoms with E-state index in [1.54, 1.807) is 0 Å². The minimum Gasteiger partial charge on any atom is -0.360 e. The Kier molecular flexibility index (Phi) is 4.19. The van der Waals surface area contributed by atoms with Crippen LogP contribution in [-0.2, 0) is 4.74 Å². The lowest BCUT2D eigenvalue weighted by atomic mass is 9.83. The van der Waals surface area contributed by atoms with Crippen molar-refractivity contribution in [2.45, 2.75) is 38.2 Å². The zero-order valence-electron chi connectivity index (χ0n) is 14.8. The monoisotopic (exact) mass is 321 g/mol. The number of fused-ring (bicyclic) bond motifs is 3. The molecular weight excluding hydrogens is 294 g/mol. The van der Waals surface area contributed by atoms with E-state index in [9.17, 15) is 0 Å². The van der Waals surface area contributed by atoms with Gasteiger partial charge < -0.3 is 9.64 Å². The van der Waals surface area contributed by atoms with Crippen LogP contribution in [0.1, 0.15) is 43.7 Å². The minimum absolute atomic E-state index is 0.120. The van der Waals surface area contributed by atoms with E-state index in [0.717, 1.165) is 26.1 Å². The van der Waals surface area contributed by atoms with Crippen LogP contribution >= 0.6 is 0 Å². The SMILES string of the molecule is CCN(CC)CCC1CC2=CC=CC3(CO3)C2=Cc2ccccc21. The highest BCUT2D eigenvalue weighted by molar-refractivity contribution is 5.70. The molecule has 126 valence electrons. The predicted octanol–water partition coefficient (Wildman–Crippen LogP) is 4.55. The van der Waals surface area contributed by atoms with E-state index < -0.39 is 0 Å². The Bertz CT molecular complexity index is 704. The van der Waals surface area contributed by atoms with Gasteiger partial charge in [0.1, 0.15) is 5.60 Å². The Morgan fingerprint density at radius 3 is 2.75 bits per heavy atom. The molecule has 1 aromatic carbocycles. The number of ether oxygens (including phenoxy) is 1. The quantitative estimate of drug-likeness (QED) is 0.739. The summed E-state index contributed by atoms with van der Waals surface area (Å²) < 4.78 is 5.84. The molecule has 24 heavy (non-hydrogen) atoms. The number of hydrogen-bond acceptors (Lipinski definition) is 2. The molecule has 0 N–H and O–H groups in total. The molecule has 1 spiro atoms. The van der Waals surface area contributed by atoms with Gasteiger partial charge in [-0.25, -0.2) is 0 Å². The molecule has 4 rings (SSSR count). The topological polar surface area (TPSA) is 15.8 Å². The molecule has 0 bridgehead atoms. The molecule has 0 aromatic heterocycles. The maximum Gasteiger partial charge on any atom is 0.135 e. The summed E-state index contributed by atoms with van der Waals surface area (Å²) in [6.45, 7) is 8.79. The van der Waals surface area contributed by atoms with Crippen molar-refractivity contribution >= 4 is 6.08 Å². The van der Waals surface area contributed by atoms with Gasteiger partial charge in [-0.2, -0.15) is 0 Å². The Morgan fingerprint density at radius 1 is 1.21 bits per heavy atom. The lowest BCUT2D eigenvalue weighted by molar-refractivity contribution is 0.289. The summed E-state index contributed by atoms with van der Waals surface area (Å²) in [5.74, 6) is 0.587. The van der Waals surface area contributed by atoms with Gasteiger partial charge in [0.25, 0.3) is 0 Å². The van der Waals surface area contributed by atoms with Crippen molar-refractivity contribution < 1.29 is 4.74 Å². The highest BCUT2D eigenvalue weighted by Gasteiger charge is 2.48. The second-order valence-electron chi connectivity index (χ2n) is 7.13. The Morgan fingerprint density at radius 2 is 2.00 bits per heavy atom. The number of hydrogen-bond donors (Lipinski definition) is 0. The predicted molar refractivity (Wildman–Crippen MR) is 100 cm³/mol. The van der Waals surface area contributed by atoms with E-state index in [1.807, 2.05) is 0 Å². The van der Waals surface area contributed by atoms with Crippen molar-refractivity contribution in [3.05, 3.63) is 64.8 Å². The number of allylic oxidation sites excluding steroid dienone is 2. The summed E-state index contributed by atoms with van der Waals surface area (Å²) in [5.41, 5.74) is 5.62. The van der Waals surface area contributed by atoms with Gasteiger partial charge in [-0.1, -0.05) is 50.3 Å². The fraction of sp³-hybridized carbons (Fsp3) is 0.455. The zero-order valence-corrected chi connectivity index (χ0v) is 14.8. The van der Waals surface area contributed by atoms with Crippen LogP contribution in [0.3, 0.4) is 0 Å². The van der Waals surface area contributed by atoms with Crippen LogP contribution < -0.4 is 0 Å². The Balaban J connectivity index is 1.66. The van der Waals surface area contributed by atoms with E-state index in [2.05, 4.69) is 67.3 Å². The number of epoxide rings is 1. The summed E-state index contributed by atoms with van der Waals surface area (Å²) in [6, 6.07) is 8.94. The lowest BCUT2D eigenvalue weighted by Gasteiger charge is -2.25. The summed E-state index contributed by atoms with van der Waals surface area (Å²) >= 11 is 0. The Hall–Kier alpha value is -1.64. The number of nitrogens with zero attached hydrogens (tertiary/aromatic N) is 1. The lowest BCUT2D eigenvalue weighted by Crippen LogP contribution is -2.25. The van der Waals surface area contributed by atoms with E-state index in [4.69, 9.17) is 4.74 Å². The van der Waals surface area contributed by atoms with Gasteiger partial charge in [-0.3, -0.25) is 0 Å². The smallest absolute Gasteiger partial charge is 0.135 e. The third-order valence-corrected chi connectivity index (χ3v) is 5.81. The molecule has 0 saturated carbocycles. The van der Waals surface area contributed by atoms with E-state index in [0.29, 0.717) is 5.92 Å². The third kappa shape index (κ3) is 2.78. The second kappa shape index (κ2) is 6.34. The maximum absolute atomic E-state index is 5.84.